The Morgan fingerprint density at radius 1 is 1.06 bits per heavy atom. The summed E-state index contributed by atoms with van der Waals surface area (Å²) in [6.45, 7) is 5.03. The number of anilines is 1. The molecule has 0 unspecified atom stereocenters. The molecule has 0 bridgehead atoms. The van der Waals surface area contributed by atoms with E-state index in [2.05, 4.69) is 5.32 Å². The number of fused-ring (bicyclic) bond motifs is 1. The van der Waals surface area contributed by atoms with Crippen molar-refractivity contribution in [2.24, 2.45) is 14.1 Å². The fraction of sp³-hybridized carbons (Fsp3) is 0.391. The maximum Gasteiger partial charge on any atom is 0.328 e. The fourth-order valence-corrected chi connectivity index (χ4v) is 3.28. The van der Waals surface area contributed by atoms with Gasteiger partial charge in [0.15, 0.2) is 0 Å². The molecule has 0 saturated carbocycles. The van der Waals surface area contributed by atoms with E-state index >= 15 is 0 Å². The van der Waals surface area contributed by atoms with Gasteiger partial charge in [0.25, 0.3) is 5.91 Å². The number of nitrogens with one attached hydrogen (secondary N) is 1. The van der Waals surface area contributed by atoms with Gasteiger partial charge in [0, 0.05) is 26.7 Å². The second-order valence-corrected chi connectivity index (χ2v) is 8.01. The molecule has 1 amide bonds. The van der Waals surface area contributed by atoms with Crippen LogP contribution in [0.5, 0.6) is 11.5 Å². The van der Waals surface area contributed by atoms with Gasteiger partial charge in [-0.1, -0.05) is 12.1 Å². The molecule has 1 N–H and O–H groups in total. The molecule has 0 aliphatic heterocycles. The fourth-order valence-electron chi connectivity index (χ4n) is 3.28. The van der Waals surface area contributed by atoms with Crippen molar-refractivity contribution < 1.29 is 14.3 Å². The molecule has 0 radical (unpaired) electrons. The standard InChI is InChI=1S/C23H30N4O4/c1-15(2)31-21-14-19-18(26(5)23(29)27(19)6)13-17(21)24-22(28)16-9-7-8-10-20(16)30-12-11-25(3)4/h7-10,13-15H,11-12H2,1-6H3,(H,24,28). The number of carbonyl (C=O) groups is 1. The highest BCUT2D eigenvalue weighted by Gasteiger charge is 2.18. The van der Waals surface area contributed by atoms with Crippen molar-refractivity contribution in [1.29, 1.82) is 0 Å². The molecule has 8 nitrogen and oxygen atoms in total. The molecule has 2 aromatic carbocycles. The highest BCUT2D eigenvalue weighted by Crippen LogP contribution is 2.32. The Morgan fingerprint density at radius 3 is 2.35 bits per heavy atom. The number of aryl methyl sites for hydroxylation is 2. The zero-order chi connectivity index (χ0) is 22.7. The minimum absolute atomic E-state index is 0.101. The number of rotatable bonds is 8. The van der Waals surface area contributed by atoms with Crippen molar-refractivity contribution in [3.8, 4) is 11.5 Å². The van der Waals surface area contributed by atoms with E-state index < -0.39 is 0 Å². The first-order valence-corrected chi connectivity index (χ1v) is 10.2. The molecular weight excluding hydrogens is 396 g/mol. The highest BCUT2D eigenvalue weighted by atomic mass is 16.5. The number of likely N-dealkylation sites (N-methyl/N-ethyl adjacent to an activating group) is 1. The maximum absolute atomic E-state index is 13.1. The second kappa shape index (κ2) is 9.26. The molecule has 3 aromatic rings. The summed E-state index contributed by atoms with van der Waals surface area (Å²) in [5.74, 6) is 0.707. The average Bonchev–Trinajstić information content (AvgIpc) is 2.91. The van der Waals surface area contributed by atoms with Crippen molar-refractivity contribution in [2.75, 3.05) is 32.6 Å². The van der Waals surface area contributed by atoms with Crippen molar-refractivity contribution in [3.05, 3.63) is 52.4 Å². The minimum atomic E-state index is -0.311. The predicted octanol–water partition coefficient (Wildman–Crippen LogP) is 2.86. The number of amides is 1. The molecule has 1 aromatic heterocycles. The maximum atomic E-state index is 13.1. The molecule has 8 heteroatoms. The van der Waals surface area contributed by atoms with Gasteiger partial charge in [0.05, 0.1) is 28.4 Å². The molecule has 0 fully saturated rings. The van der Waals surface area contributed by atoms with Crippen LogP contribution in [0.1, 0.15) is 24.2 Å². The lowest BCUT2D eigenvalue weighted by molar-refractivity contribution is 0.102. The quantitative estimate of drug-likeness (QED) is 0.599. The first-order valence-electron chi connectivity index (χ1n) is 10.2. The summed E-state index contributed by atoms with van der Waals surface area (Å²) in [4.78, 5) is 27.5. The van der Waals surface area contributed by atoms with Crippen LogP contribution >= 0.6 is 0 Å². The van der Waals surface area contributed by atoms with E-state index in [4.69, 9.17) is 9.47 Å². The van der Waals surface area contributed by atoms with Gasteiger partial charge < -0.3 is 19.7 Å². The molecule has 166 valence electrons. The summed E-state index contributed by atoms with van der Waals surface area (Å²) in [6.07, 6.45) is -0.101. The van der Waals surface area contributed by atoms with Crippen molar-refractivity contribution in [1.82, 2.24) is 14.0 Å². The molecule has 0 atom stereocenters. The number of aromatic nitrogens is 2. The van der Waals surface area contributed by atoms with Gasteiger partial charge in [-0.25, -0.2) is 4.79 Å². The van der Waals surface area contributed by atoms with E-state index in [-0.39, 0.29) is 17.7 Å². The van der Waals surface area contributed by atoms with Crippen LogP contribution in [0.3, 0.4) is 0 Å². The summed E-state index contributed by atoms with van der Waals surface area (Å²) >= 11 is 0. The van der Waals surface area contributed by atoms with Gasteiger partial charge in [-0.05, 0) is 46.1 Å². The first-order chi connectivity index (χ1) is 14.7. The van der Waals surface area contributed by atoms with Crippen LogP contribution in [0, 0.1) is 0 Å². The zero-order valence-corrected chi connectivity index (χ0v) is 18.9. The number of nitrogens with zero attached hydrogens (tertiary/aromatic N) is 3. The van der Waals surface area contributed by atoms with E-state index in [9.17, 15) is 9.59 Å². The van der Waals surface area contributed by atoms with Gasteiger partial charge >= 0.3 is 5.69 Å². The Hall–Kier alpha value is -3.26. The van der Waals surface area contributed by atoms with Crippen LogP contribution in [0.2, 0.25) is 0 Å². The van der Waals surface area contributed by atoms with Crippen LogP contribution < -0.4 is 20.5 Å². The Morgan fingerprint density at radius 2 is 1.71 bits per heavy atom. The molecule has 0 aliphatic rings. The molecule has 31 heavy (non-hydrogen) atoms. The number of para-hydroxylation sites is 1. The summed E-state index contributed by atoms with van der Waals surface area (Å²) in [7, 11) is 7.34. The van der Waals surface area contributed by atoms with Crippen LogP contribution in [0.4, 0.5) is 5.69 Å². The number of imidazole rings is 1. The molecular formula is C23H30N4O4. The molecule has 0 saturated heterocycles. The molecule has 0 spiro atoms. The largest absolute Gasteiger partial charge is 0.491 e. The lowest BCUT2D eigenvalue weighted by Crippen LogP contribution is -2.21. The number of ether oxygens (including phenoxy) is 2. The van der Waals surface area contributed by atoms with E-state index in [0.717, 1.165) is 12.1 Å². The third-order valence-electron chi connectivity index (χ3n) is 4.91. The van der Waals surface area contributed by atoms with Gasteiger partial charge in [-0.3, -0.25) is 13.9 Å². The van der Waals surface area contributed by atoms with E-state index in [0.29, 0.717) is 34.9 Å². The Bertz CT molecular complexity index is 1140. The van der Waals surface area contributed by atoms with Gasteiger partial charge in [0.1, 0.15) is 18.1 Å². The molecule has 1 heterocycles. The normalized spacial score (nSPS) is 11.4. The molecule has 0 aliphatic carbocycles. The lowest BCUT2D eigenvalue weighted by Gasteiger charge is -2.17. The average molecular weight is 427 g/mol. The third kappa shape index (κ3) is 4.91. The van der Waals surface area contributed by atoms with Crippen LogP contribution in [-0.4, -0.2) is 53.3 Å². The second-order valence-electron chi connectivity index (χ2n) is 8.01. The monoisotopic (exact) mass is 426 g/mol. The van der Waals surface area contributed by atoms with E-state index in [1.165, 1.54) is 0 Å². The smallest absolute Gasteiger partial charge is 0.328 e. The Labute approximate surface area is 182 Å². The van der Waals surface area contributed by atoms with Gasteiger partial charge in [0.2, 0.25) is 0 Å². The zero-order valence-electron chi connectivity index (χ0n) is 18.9. The SMILES string of the molecule is CC(C)Oc1cc2c(cc1NC(=O)c1ccccc1OCCN(C)C)n(C)c(=O)n2C. The Kier molecular flexibility index (Phi) is 6.70. The number of benzene rings is 2. The van der Waals surface area contributed by atoms with Crippen LogP contribution in [0.25, 0.3) is 11.0 Å². The van der Waals surface area contributed by atoms with Gasteiger partial charge in [-0.15, -0.1) is 0 Å². The van der Waals surface area contributed by atoms with Crippen LogP contribution in [-0.2, 0) is 14.1 Å². The van der Waals surface area contributed by atoms with Crippen LogP contribution in [0.15, 0.2) is 41.2 Å². The van der Waals surface area contributed by atoms with E-state index in [1.54, 1.807) is 53.6 Å². The summed E-state index contributed by atoms with van der Waals surface area (Å²) in [5.41, 5.74) is 2.21. The number of hydrogen-bond acceptors (Lipinski definition) is 5. The van der Waals surface area contributed by atoms with Crippen molar-refractivity contribution in [3.63, 3.8) is 0 Å². The Balaban J connectivity index is 1.96. The van der Waals surface area contributed by atoms with E-state index in [1.807, 2.05) is 38.9 Å². The summed E-state index contributed by atoms with van der Waals surface area (Å²) in [6, 6.07) is 10.7. The summed E-state index contributed by atoms with van der Waals surface area (Å²) in [5, 5.41) is 2.94. The predicted molar refractivity (Wildman–Crippen MR) is 122 cm³/mol. The number of hydrogen-bond donors (Lipinski definition) is 1. The van der Waals surface area contributed by atoms with Gasteiger partial charge in [-0.2, -0.15) is 0 Å². The molecule has 3 rings (SSSR count). The first kappa shape index (κ1) is 22.4. The topological polar surface area (TPSA) is 77.7 Å². The summed E-state index contributed by atoms with van der Waals surface area (Å²) < 4.78 is 14.9. The number of carbonyl (C=O) groups excluding carboxylic acids is 1. The minimum Gasteiger partial charge on any atom is -0.491 e. The van der Waals surface area contributed by atoms with Crippen molar-refractivity contribution in [2.45, 2.75) is 20.0 Å². The lowest BCUT2D eigenvalue weighted by atomic mass is 10.1. The van der Waals surface area contributed by atoms with Crippen molar-refractivity contribution >= 4 is 22.6 Å². The third-order valence-corrected chi connectivity index (χ3v) is 4.91. The highest BCUT2D eigenvalue weighted by molar-refractivity contribution is 6.07.